The van der Waals surface area contributed by atoms with Crippen LogP contribution in [0.2, 0.25) is 0 Å². The Bertz CT molecular complexity index is 1540. The summed E-state index contributed by atoms with van der Waals surface area (Å²) in [5, 5.41) is 17.7. The Hall–Kier alpha value is -4.59. The van der Waals surface area contributed by atoms with Crippen LogP contribution in [-0.2, 0) is 6.54 Å². The van der Waals surface area contributed by atoms with Crippen molar-refractivity contribution >= 4 is 28.6 Å². The topological polar surface area (TPSA) is 188 Å². The summed E-state index contributed by atoms with van der Waals surface area (Å²) >= 11 is 0. The molecule has 13 nitrogen and oxygen atoms in total. The zero-order chi connectivity index (χ0) is 27.4. The highest BCUT2D eigenvalue weighted by molar-refractivity contribution is 5.96. The Morgan fingerprint density at radius 1 is 1.23 bits per heavy atom. The van der Waals surface area contributed by atoms with Crippen LogP contribution in [0.3, 0.4) is 0 Å². The van der Waals surface area contributed by atoms with Gasteiger partial charge in [0.05, 0.1) is 18.8 Å². The van der Waals surface area contributed by atoms with E-state index in [-0.39, 0.29) is 30.3 Å². The number of rotatable bonds is 9. The van der Waals surface area contributed by atoms with Crippen LogP contribution in [0.1, 0.15) is 22.1 Å². The van der Waals surface area contributed by atoms with Crippen LogP contribution < -0.4 is 37.2 Å². The number of amides is 1. The fourth-order valence-corrected chi connectivity index (χ4v) is 4.24. The number of benzene rings is 2. The number of hydrogen-bond donors (Lipinski definition) is 5. The molecule has 4 aromatic rings. The second kappa shape index (κ2) is 11.4. The van der Waals surface area contributed by atoms with Gasteiger partial charge in [0.15, 0.2) is 11.5 Å². The smallest absolute Gasteiger partial charge is 0.283 e. The van der Waals surface area contributed by atoms with Crippen LogP contribution in [-0.4, -0.2) is 63.4 Å². The molecule has 5 rings (SSSR count). The van der Waals surface area contributed by atoms with Crippen LogP contribution in [0.5, 0.6) is 11.5 Å². The summed E-state index contributed by atoms with van der Waals surface area (Å²) in [4.78, 5) is 29.4. The van der Waals surface area contributed by atoms with Gasteiger partial charge in [0.1, 0.15) is 24.0 Å². The molecule has 2 aromatic carbocycles. The first-order valence-electron chi connectivity index (χ1n) is 12.3. The van der Waals surface area contributed by atoms with E-state index >= 15 is 0 Å². The monoisotopic (exact) mass is 531 g/mol. The minimum atomic E-state index is -0.837. The van der Waals surface area contributed by atoms with E-state index in [9.17, 15) is 9.90 Å². The number of aliphatic hydroxyl groups excluding tert-OH is 1. The molecule has 1 aliphatic heterocycles. The maximum Gasteiger partial charge on any atom is 0.283 e. The Balaban J connectivity index is 1.39. The molecule has 1 unspecified atom stereocenters. The van der Waals surface area contributed by atoms with Gasteiger partial charge >= 0.3 is 0 Å². The molecular formula is C26H29N9O4. The highest BCUT2D eigenvalue weighted by Crippen LogP contribution is 2.37. The lowest BCUT2D eigenvalue weighted by Crippen LogP contribution is -2.37. The van der Waals surface area contributed by atoms with Crippen molar-refractivity contribution in [2.24, 2.45) is 10.7 Å². The van der Waals surface area contributed by atoms with E-state index in [1.165, 1.54) is 19.5 Å². The second-order valence-corrected chi connectivity index (χ2v) is 8.84. The van der Waals surface area contributed by atoms with E-state index in [1.807, 2.05) is 41.0 Å². The summed E-state index contributed by atoms with van der Waals surface area (Å²) in [5.41, 5.74) is 13.4. The molecule has 0 radical (unpaired) electrons. The van der Waals surface area contributed by atoms with Gasteiger partial charge in [-0.2, -0.15) is 4.99 Å². The molecular weight excluding hydrogens is 502 g/mol. The number of anilines is 2. The Kier molecular flexibility index (Phi) is 7.63. The number of fused-ring (bicyclic) bond motifs is 3. The Morgan fingerprint density at radius 3 is 2.74 bits per heavy atom. The Labute approximate surface area is 223 Å². The van der Waals surface area contributed by atoms with E-state index in [2.05, 4.69) is 30.6 Å². The first kappa shape index (κ1) is 26.0. The molecule has 0 saturated carbocycles. The lowest BCUT2D eigenvalue weighted by Gasteiger charge is -2.19. The van der Waals surface area contributed by atoms with E-state index in [0.29, 0.717) is 30.1 Å². The van der Waals surface area contributed by atoms with Gasteiger partial charge in [-0.15, -0.1) is 0 Å². The van der Waals surface area contributed by atoms with Gasteiger partial charge in [-0.1, -0.05) is 30.3 Å². The molecule has 1 aliphatic rings. The summed E-state index contributed by atoms with van der Waals surface area (Å²) in [6.07, 6.45) is 1.38. The fourth-order valence-electron chi connectivity index (χ4n) is 4.24. The highest BCUT2D eigenvalue weighted by Gasteiger charge is 2.21. The number of ether oxygens (including phenoxy) is 2. The number of aromatic nitrogens is 4. The Morgan fingerprint density at radius 2 is 2.00 bits per heavy atom. The first-order chi connectivity index (χ1) is 18.9. The number of aliphatic hydroxyl groups is 1. The lowest BCUT2D eigenvalue weighted by atomic mass is 10.2. The van der Waals surface area contributed by atoms with Gasteiger partial charge in [0.25, 0.3) is 5.91 Å². The van der Waals surface area contributed by atoms with E-state index in [1.54, 1.807) is 6.07 Å². The largest absolute Gasteiger partial charge is 0.491 e. The molecule has 0 bridgehead atoms. The quantitative estimate of drug-likeness (QED) is 0.190. The van der Waals surface area contributed by atoms with Crippen molar-refractivity contribution in [3.05, 3.63) is 71.6 Å². The summed E-state index contributed by atoms with van der Waals surface area (Å²) in [5.74, 6) is 0.997. The molecule has 0 saturated heterocycles. The normalized spacial score (nSPS) is 14.5. The molecule has 1 amide bonds. The van der Waals surface area contributed by atoms with Gasteiger partial charge in [-0.05, 0) is 17.7 Å². The first-order valence-corrected chi connectivity index (χ1v) is 12.3. The van der Waals surface area contributed by atoms with Crippen LogP contribution in [0.4, 0.5) is 11.8 Å². The minimum absolute atomic E-state index is 0.0127. The third kappa shape index (κ3) is 5.65. The van der Waals surface area contributed by atoms with Gasteiger partial charge in [0.2, 0.25) is 11.6 Å². The zero-order valence-electron chi connectivity index (χ0n) is 21.2. The third-order valence-electron chi connectivity index (χ3n) is 6.19. The van der Waals surface area contributed by atoms with Crippen LogP contribution in [0, 0.1) is 0 Å². The van der Waals surface area contributed by atoms with Crippen molar-refractivity contribution in [1.29, 1.82) is 0 Å². The number of nitrogens with one attached hydrogen (secondary N) is 2. The van der Waals surface area contributed by atoms with Gasteiger partial charge in [0, 0.05) is 37.4 Å². The van der Waals surface area contributed by atoms with Crippen molar-refractivity contribution in [3.63, 3.8) is 0 Å². The van der Waals surface area contributed by atoms with Crippen molar-refractivity contribution in [3.8, 4) is 11.5 Å². The van der Waals surface area contributed by atoms with E-state index < -0.39 is 18.2 Å². The molecule has 2 aromatic heterocycles. The average Bonchev–Trinajstić information content (AvgIpc) is 3.46. The molecule has 0 spiro atoms. The predicted molar refractivity (Wildman–Crippen MR) is 144 cm³/mol. The third-order valence-corrected chi connectivity index (χ3v) is 6.19. The summed E-state index contributed by atoms with van der Waals surface area (Å²) < 4.78 is 13.4. The molecule has 13 heteroatoms. The molecule has 0 fully saturated rings. The maximum atomic E-state index is 12.8. The second-order valence-electron chi connectivity index (χ2n) is 8.84. The summed E-state index contributed by atoms with van der Waals surface area (Å²) in [7, 11) is 1.50. The van der Waals surface area contributed by atoms with Gasteiger partial charge in [-0.3, -0.25) is 14.7 Å². The van der Waals surface area contributed by atoms with Crippen LogP contribution in [0.15, 0.2) is 59.9 Å². The minimum Gasteiger partial charge on any atom is -0.491 e. The predicted octanol–water partition coefficient (Wildman–Crippen LogP) is 0.571. The molecule has 7 N–H and O–H groups in total. The molecule has 202 valence electrons. The standard InChI is InChI=1S/C26H29N9O4/c1-38-21-19(39-14-17(36)13-30-22(27)15-5-3-2-4-6-15)8-7-18-20(21)33-26(35-10-9-29-23(18)35)34-24(37)16-11-31-25(28)32-12-16/h2-8,11-12,17,22,29-30,36H,9-10,13-14,27H2,1H3,(H2,28,31,32)/t17?,22-/m1/s1. The van der Waals surface area contributed by atoms with Crippen molar-refractivity contribution < 1.29 is 19.4 Å². The number of nitrogens with two attached hydrogens (primary N) is 2. The number of carbonyl (C=O) groups is 1. The highest BCUT2D eigenvalue weighted by atomic mass is 16.5. The number of hydrogen-bond acceptors (Lipinski definition) is 11. The molecule has 39 heavy (non-hydrogen) atoms. The zero-order valence-corrected chi connectivity index (χ0v) is 21.2. The summed E-state index contributed by atoms with van der Waals surface area (Å²) in [6.45, 7) is 1.43. The van der Waals surface area contributed by atoms with E-state index in [0.717, 1.165) is 16.8 Å². The molecule has 2 atom stereocenters. The van der Waals surface area contributed by atoms with Gasteiger partial charge < -0.3 is 31.4 Å². The lowest BCUT2D eigenvalue weighted by molar-refractivity contribution is 0.0995. The maximum absolute atomic E-state index is 12.8. The van der Waals surface area contributed by atoms with Crippen LogP contribution in [0.25, 0.3) is 10.9 Å². The van der Waals surface area contributed by atoms with E-state index in [4.69, 9.17) is 20.9 Å². The van der Waals surface area contributed by atoms with Crippen molar-refractivity contribution in [2.75, 3.05) is 37.9 Å². The van der Waals surface area contributed by atoms with Gasteiger partial charge in [-0.25, -0.2) is 15.0 Å². The SMILES string of the molecule is COc1c(OCC(O)CN[C@@H](N)c2ccccc2)ccc2c3n(c(=NC(=O)c4cnc(N)nc4)nc12)CCN3. The summed E-state index contributed by atoms with van der Waals surface area (Å²) in [6, 6.07) is 13.1. The van der Waals surface area contributed by atoms with Crippen molar-refractivity contribution in [2.45, 2.75) is 18.8 Å². The fraction of sp³-hybridized carbons (Fsp3) is 0.269. The number of nitrogens with zero attached hydrogens (tertiary/aromatic N) is 5. The average molecular weight is 532 g/mol. The van der Waals surface area contributed by atoms with Crippen molar-refractivity contribution in [1.82, 2.24) is 24.8 Å². The number of carbonyl (C=O) groups excluding carboxylic acids is 1. The molecule has 3 heterocycles. The molecule has 0 aliphatic carbocycles. The number of methoxy groups -OCH3 is 1. The van der Waals surface area contributed by atoms with Crippen LogP contribution >= 0.6 is 0 Å². The number of nitrogen functional groups attached to an aromatic ring is 1.